The van der Waals surface area contributed by atoms with Crippen LogP contribution in [-0.2, 0) is 26.0 Å². The van der Waals surface area contributed by atoms with Crippen molar-refractivity contribution in [3.8, 4) is 0 Å². The number of aliphatic carboxylic acids is 1. The molecule has 1 N–H and O–H groups in total. The third-order valence-corrected chi connectivity index (χ3v) is 6.38. The summed E-state index contributed by atoms with van der Waals surface area (Å²) in [6.45, 7) is 4.17. The third-order valence-electron chi connectivity index (χ3n) is 2.74. The van der Waals surface area contributed by atoms with Crippen LogP contribution in [0.4, 0.5) is 0 Å². The van der Waals surface area contributed by atoms with Gasteiger partial charge in [0.2, 0.25) is 0 Å². The zero-order chi connectivity index (χ0) is 15.3. The molecule has 1 aromatic heterocycles. The largest absolute Gasteiger partial charge is 0.481 e. The molecule has 0 aliphatic heterocycles. The second-order valence-corrected chi connectivity index (χ2v) is 7.59. The Bertz CT molecular complexity index is 552. The Morgan fingerprint density at radius 2 is 2.15 bits per heavy atom. The molecule has 0 saturated carbocycles. The summed E-state index contributed by atoms with van der Waals surface area (Å²) in [4.78, 5) is 11.2. The van der Waals surface area contributed by atoms with E-state index in [1.807, 2.05) is 0 Å². The predicted molar refractivity (Wildman–Crippen MR) is 76.6 cm³/mol. The number of carboxylic acid groups (broad SMARTS) is 1. The van der Waals surface area contributed by atoms with Crippen LogP contribution in [-0.4, -0.2) is 50.1 Å². The van der Waals surface area contributed by atoms with Crippen LogP contribution in [0.25, 0.3) is 0 Å². The van der Waals surface area contributed by atoms with E-state index >= 15 is 0 Å². The quantitative estimate of drug-likeness (QED) is 0.783. The number of ether oxygens (including phenoxy) is 1. The van der Waals surface area contributed by atoms with Crippen molar-refractivity contribution >= 4 is 27.3 Å². The SMILES string of the molecule is CCN(C(C)COC)S(=O)(=O)c1ccc(CC(=O)O)s1. The van der Waals surface area contributed by atoms with Crippen molar-refractivity contribution in [3.63, 3.8) is 0 Å². The van der Waals surface area contributed by atoms with Crippen molar-refractivity contribution in [1.29, 1.82) is 0 Å². The Balaban J connectivity index is 3.01. The summed E-state index contributed by atoms with van der Waals surface area (Å²) < 4.78 is 31.5. The van der Waals surface area contributed by atoms with Gasteiger partial charge in [0.1, 0.15) is 4.21 Å². The van der Waals surface area contributed by atoms with Gasteiger partial charge in [-0.3, -0.25) is 4.79 Å². The molecular weight excluding hydrogens is 302 g/mol. The lowest BCUT2D eigenvalue weighted by Crippen LogP contribution is -2.40. The first-order chi connectivity index (χ1) is 9.32. The standard InChI is InChI=1S/C12H19NO5S2/c1-4-13(9(2)8-18-3)20(16,17)12-6-5-10(19-12)7-11(14)15/h5-6,9H,4,7-8H2,1-3H3,(H,14,15). The number of thiophene rings is 1. The summed E-state index contributed by atoms with van der Waals surface area (Å²) in [7, 11) is -2.09. The van der Waals surface area contributed by atoms with Crippen LogP contribution >= 0.6 is 11.3 Å². The van der Waals surface area contributed by atoms with E-state index in [4.69, 9.17) is 9.84 Å². The van der Waals surface area contributed by atoms with Crippen molar-refractivity contribution in [2.45, 2.75) is 30.5 Å². The minimum Gasteiger partial charge on any atom is -0.481 e. The van der Waals surface area contributed by atoms with E-state index in [-0.39, 0.29) is 16.7 Å². The third kappa shape index (κ3) is 4.02. The lowest BCUT2D eigenvalue weighted by molar-refractivity contribution is -0.136. The van der Waals surface area contributed by atoms with Crippen molar-refractivity contribution in [2.24, 2.45) is 0 Å². The van der Waals surface area contributed by atoms with Crippen LogP contribution in [0.15, 0.2) is 16.3 Å². The molecule has 0 amide bonds. The van der Waals surface area contributed by atoms with Crippen molar-refractivity contribution < 1.29 is 23.1 Å². The molecule has 8 heteroatoms. The van der Waals surface area contributed by atoms with Gasteiger partial charge in [0, 0.05) is 24.6 Å². The normalized spacial score (nSPS) is 13.6. The van der Waals surface area contributed by atoms with E-state index in [1.165, 1.54) is 17.5 Å². The Morgan fingerprint density at radius 1 is 1.50 bits per heavy atom. The Hall–Kier alpha value is -0.960. The first-order valence-corrected chi connectivity index (χ1v) is 8.39. The second kappa shape index (κ2) is 7.16. The van der Waals surface area contributed by atoms with Gasteiger partial charge in [-0.15, -0.1) is 11.3 Å². The molecular formula is C12H19NO5S2. The number of likely N-dealkylation sites (N-methyl/N-ethyl adjacent to an activating group) is 1. The van der Waals surface area contributed by atoms with Crippen LogP contribution in [0.2, 0.25) is 0 Å². The van der Waals surface area contributed by atoms with Crippen LogP contribution in [0.1, 0.15) is 18.7 Å². The molecule has 114 valence electrons. The molecule has 0 saturated heterocycles. The first-order valence-electron chi connectivity index (χ1n) is 6.14. The number of carboxylic acids is 1. The van der Waals surface area contributed by atoms with Crippen molar-refractivity contribution in [2.75, 3.05) is 20.3 Å². The summed E-state index contributed by atoms with van der Waals surface area (Å²) >= 11 is 0.996. The van der Waals surface area contributed by atoms with Gasteiger partial charge in [-0.05, 0) is 19.1 Å². The molecule has 1 atom stereocenters. The van der Waals surface area contributed by atoms with E-state index in [0.29, 0.717) is 18.0 Å². The topological polar surface area (TPSA) is 83.9 Å². The molecule has 0 aliphatic rings. The minimum atomic E-state index is -3.61. The van der Waals surface area contributed by atoms with Crippen molar-refractivity contribution in [1.82, 2.24) is 4.31 Å². The Kier molecular flexibility index (Phi) is 6.12. The molecule has 0 aliphatic carbocycles. The number of hydrogen-bond acceptors (Lipinski definition) is 5. The van der Waals surface area contributed by atoms with Gasteiger partial charge in [0.15, 0.2) is 0 Å². The lowest BCUT2D eigenvalue weighted by Gasteiger charge is -2.25. The fraction of sp³-hybridized carbons (Fsp3) is 0.583. The van der Waals surface area contributed by atoms with E-state index in [1.54, 1.807) is 19.9 Å². The zero-order valence-corrected chi connectivity index (χ0v) is 13.3. The maximum absolute atomic E-state index is 12.5. The molecule has 0 radical (unpaired) electrons. The molecule has 0 bridgehead atoms. The van der Waals surface area contributed by atoms with Gasteiger partial charge in [0.05, 0.1) is 13.0 Å². The lowest BCUT2D eigenvalue weighted by atomic mass is 10.3. The summed E-state index contributed by atoms with van der Waals surface area (Å²) in [5.74, 6) is -0.976. The van der Waals surface area contributed by atoms with E-state index in [0.717, 1.165) is 11.3 Å². The van der Waals surface area contributed by atoms with Crippen LogP contribution < -0.4 is 0 Å². The van der Waals surface area contributed by atoms with Gasteiger partial charge < -0.3 is 9.84 Å². The molecule has 1 heterocycles. The molecule has 1 rings (SSSR count). The number of rotatable bonds is 8. The van der Waals surface area contributed by atoms with Gasteiger partial charge in [0.25, 0.3) is 10.0 Å². The minimum absolute atomic E-state index is 0.165. The highest BCUT2D eigenvalue weighted by molar-refractivity contribution is 7.91. The number of hydrogen-bond donors (Lipinski definition) is 1. The van der Waals surface area contributed by atoms with Crippen LogP contribution in [0, 0.1) is 0 Å². The highest BCUT2D eigenvalue weighted by Gasteiger charge is 2.29. The smallest absolute Gasteiger partial charge is 0.308 e. The summed E-state index contributed by atoms with van der Waals surface area (Å²) in [6, 6.07) is 2.72. The van der Waals surface area contributed by atoms with Crippen molar-refractivity contribution in [3.05, 3.63) is 17.0 Å². The van der Waals surface area contributed by atoms with Crippen LogP contribution in [0.5, 0.6) is 0 Å². The summed E-state index contributed by atoms with van der Waals surface area (Å²) in [6.07, 6.45) is -0.167. The molecule has 1 unspecified atom stereocenters. The van der Waals surface area contributed by atoms with Gasteiger partial charge in [-0.25, -0.2) is 8.42 Å². The molecule has 0 spiro atoms. The molecule has 1 aromatic rings. The fourth-order valence-electron chi connectivity index (χ4n) is 1.90. The summed E-state index contributed by atoms with van der Waals surface area (Å²) in [5, 5.41) is 8.72. The molecule has 20 heavy (non-hydrogen) atoms. The average Bonchev–Trinajstić information content (AvgIpc) is 2.78. The van der Waals surface area contributed by atoms with E-state index in [9.17, 15) is 13.2 Å². The Morgan fingerprint density at radius 3 is 2.65 bits per heavy atom. The number of sulfonamides is 1. The van der Waals surface area contributed by atoms with Crippen LogP contribution in [0.3, 0.4) is 0 Å². The average molecular weight is 321 g/mol. The fourth-order valence-corrected chi connectivity index (χ4v) is 5.00. The highest BCUT2D eigenvalue weighted by Crippen LogP contribution is 2.26. The maximum Gasteiger partial charge on any atom is 0.308 e. The summed E-state index contributed by atoms with van der Waals surface area (Å²) in [5.41, 5.74) is 0. The number of carbonyl (C=O) groups is 1. The second-order valence-electron chi connectivity index (χ2n) is 4.30. The predicted octanol–water partition coefficient (Wildman–Crippen LogP) is 1.42. The van der Waals surface area contributed by atoms with Gasteiger partial charge >= 0.3 is 5.97 Å². The van der Waals surface area contributed by atoms with Gasteiger partial charge in [-0.2, -0.15) is 4.31 Å². The number of nitrogens with zero attached hydrogens (tertiary/aromatic N) is 1. The number of methoxy groups -OCH3 is 1. The van der Waals surface area contributed by atoms with E-state index < -0.39 is 16.0 Å². The van der Waals surface area contributed by atoms with E-state index in [2.05, 4.69) is 0 Å². The first kappa shape index (κ1) is 17.1. The monoisotopic (exact) mass is 321 g/mol. The molecule has 0 aromatic carbocycles. The zero-order valence-electron chi connectivity index (χ0n) is 11.7. The van der Waals surface area contributed by atoms with Gasteiger partial charge in [-0.1, -0.05) is 6.92 Å². The highest BCUT2D eigenvalue weighted by atomic mass is 32.2. The molecule has 0 fully saturated rings. The Labute approximate surface area is 123 Å². The molecule has 6 nitrogen and oxygen atoms in total. The maximum atomic E-state index is 12.5.